The number of carboxylic acids is 1. The molecule has 1 aromatic carbocycles. The molecular weight excluding hydrogens is 356 g/mol. The van der Waals surface area contributed by atoms with Crippen LogP contribution in [-0.2, 0) is 4.79 Å². The molecule has 1 unspecified atom stereocenters. The van der Waals surface area contributed by atoms with Crippen LogP contribution in [-0.4, -0.2) is 49.7 Å². The molecule has 0 spiro atoms. The summed E-state index contributed by atoms with van der Waals surface area (Å²) >= 11 is 0. The van der Waals surface area contributed by atoms with Crippen LogP contribution in [0.15, 0.2) is 24.3 Å². The van der Waals surface area contributed by atoms with Crippen molar-refractivity contribution in [2.75, 3.05) is 13.1 Å². The largest absolute Gasteiger partial charge is 0.481 e. The number of hydrogen-bond donors (Lipinski definition) is 1. The van der Waals surface area contributed by atoms with Gasteiger partial charge in [-0.25, -0.2) is 9.67 Å². The van der Waals surface area contributed by atoms with E-state index in [1.165, 1.54) is 0 Å². The number of para-hydroxylation sites is 1. The molecule has 2 heterocycles. The highest BCUT2D eigenvalue weighted by molar-refractivity contribution is 5.90. The van der Waals surface area contributed by atoms with E-state index in [9.17, 15) is 9.59 Å². The third-order valence-corrected chi connectivity index (χ3v) is 5.32. The molecule has 28 heavy (non-hydrogen) atoms. The van der Waals surface area contributed by atoms with Gasteiger partial charge >= 0.3 is 5.97 Å². The lowest BCUT2D eigenvalue weighted by Gasteiger charge is -2.31. The van der Waals surface area contributed by atoms with Crippen molar-refractivity contribution < 1.29 is 14.7 Å². The van der Waals surface area contributed by atoms with E-state index < -0.39 is 5.97 Å². The molecule has 1 saturated heterocycles. The number of carbonyl (C=O) groups is 2. The number of hydrogen-bond acceptors (Lipinski definition) is 4. The minimum Gasteiger partial charge on any atom is -0.481 e. The molecule has 0 aliphatic carbocycles. The molecule has 1 atom stereocenters. The minimum atomic E-state index is -0.789. The van der Waals surface area contributed by atoms with Gasteiger partial charge in [0, 0.05) is 19.5 Å². The first-order valence-electron chi connectivity index (χ1n) is 9.90. The second-order valence-electron chi connectivity index (χ2n) is 7.80. The standard InChI is InChI=1S/C21H28N4O3/c1-14(2)17-8-4-5-9-18(17)25-15(3)22-20(23-25)21(28)24-12-6-7-16(13-24)10-11-19(26)27/h4-5,8-9,14,16H,6-7,10-13H2,1-3H3,(H,26,27). The van der Waals surface area contributed by atoms with Gasteiger partial charge in [0.05, 0.1) is 5.69 Å². The Morgan fingerprint density at radius 1 is 1.29 bits per heavy atom. The average Bonchev–Trinajstić information content (AvgIpc) is 3.07. The van der Waals surface area contributed by atoms with Gasteiger partial charge < -0.3 is 10.0 Å². The number of amides is 1. The number of aromatic nitrogens is 3. The van der Waals surface area contributed by atoms with E-state index in [2.05, 4.69) is 30.0 Å². The normalized spacial score (nSPS) is 17.1. The van der Waals surface area contributed by atoms with Gasteiger partial charge in [0.1, 0.15) is 5.82 Å². The zero-order chi connectivity index (χ0) is 20.3. The number of aryl methyl sites for hydroxylation is 1. The number of likely N-dealkylation sites (tertiary alicyclic amines) is 1. The minimum absolute atomic E-state index is 0.144. The topological polar surface area (TPSA) is 88.3 Å². The molecule has 150 valence electrons. The van der Waals surface area contributed by atoms with Crippen LogP contribution >= 0.6 is 0 Å². The lowest BCUT2D eigenvalue weighted by Crippen LogP contribution is -2.40. The summed E-state index contributed by atoms with van der Waals surface area (Å²) in [5.41, 5.74) is 2.10. The van der Waals surface area contributed by atoms with Gasteiger partial charge in [0.25, 0.3) is 5.91 Å². The number of aliphatic carboxylic acids is 1. The average molecular weight is 384 g/mol. The Bertz CT molecular complexity index is 859. The predicted molar refractivity (Wildman–Crippen MR) is 106 cm³/mol. The maximum atomic E-state index is 13.0. The number of rotatable bonds is 6. The summed E-state index contributed by atoms with van der Waals surface area (Å²) in [6.07, 6.45) is 2.58. The highest BCUT2D eigenvalue weighted by Gasteiger charge is 2.28. The second-order valence-corrected chi connectivity index (χ2v) is 7.80. The first-order chi connectivity index (χ1) is 13.4. The van der Waals surface area contributed by atoms with E-state index in [-0.39, 0.29) is 24.1 Å². The van der Waals surface area contributed by atoms with Crippen LogP contribution in [0.4, 0.5) is 0 Å². The molecule has 1 aliphatic rings. The quantitative estimate of drug-likeness (QED) is 0.824. The Morgan fingerprint density at radius 2 is 2.04 bits per heavy atom. The molecule has 2 aromatic rings. The fraction of sp³-hybridized carbons (Fsp3) is 0.524. The molecule has 7 nitrogen and oxygen atoms in total. The molecule has 7 heteroatoms. The van der Waals surface area contributed by atoms with Gasteiger partial charge in [-0.05, 0) is 49.7 Å². The van der Waals surface area contributed by atoms with Crippen molar-refractivity contribution in [1.29, 1.82) is 0 Å². The summed E-state index contributed by atoms with van der Waals surface area (Å²) < 4.78 is 1.74. The van der Waals surface area contributed by atoms with E-state index in [1.54, 1.807) is 9.58 Å². The van der Waals surface area contributed by atoms with E-state index in [0.29, 0.717) is 31.3 Å². The number of carbonyl (C=O) groups excluding carboxylic acids is 1. The summed E-state index contributed by atoms with van der Waals surface area (Å²) in [4.78, 5) is 30.0. The molecule has 1 aromatic heterocycles. The van der Waals surface area contributed by atoms with Crippen LogP contribution in [0.3, 0.4) is 0 Å². The maximum Gasteiger partial charge on any atom is 0.303 e. The lowest BCUT2D eigenvalue weighted by atomic mass is 9.93. The number of piperidine rings is 1. The Labute approximate surface area is 165 Å². The molecule has 1 fully saturated rings. The maximum absolute atomic E-state index is 13.0. The fourth-order valence-corrected chi connectivity index (χ4v) is 3.83. The molecule has 0 bridgehead atoms. The highest BCUT2D eigenvalue weighted by Crippen LogP contribution is 2.25. The Morgan fingerprint density at radius 3 is 2.75 bits per heavy atom. The highest BCUT2D eigenvalue weighted by atomic mass is 16.4. The van der Waals surface area contributed by atoms with Crippen LogP contribution in [0.25, 0.3) is 5.69 Å². The van der Waals surface area contributed by atoms with Crippen LogP contribution in [0, 0.1) is 12.8 Å². The van der Waals surface area contributed by atoms with Crippen LogP contribution < -0.4 is 0 Å². The third-order valence-electron chi connectivity index (χ3n) is 5.32. The molecular formula is C21H28N4O3. The van der Waals surface area contributed by atoms with E-state index in [4.69, 9.17) is 5.11 Å². The van der Waals surface area contributed by atoms with Crippen LogP contribution in [0.1, 0.15) is 67.5 Å². The molecule has 3 rings (SSSR count). The van der Waals surface area contributed by atoms with Gasteiger partial charge in [-0.3, -0.25) is 9.59 Å². The van der Waals surface area contributed by atoms with Gasteiger partial charge in [0.2, 0.25) is 5.82 Å². The number of benzene rings is 1. The van der Waals surface area contributed by atoms with Gasteiger partial charge in [-0.2, -0.15) is 0 Å². The zero-order valence-corrected chi connectivity index (χ0v) is 16.8. The van der Waals surface area contributed by atoms with Crippen molar-refractivity contribution in [1.82, 2.24) is 19.7 Å². The predicted octanol–water partition coefficient (Wildman–Crippen LogP) is 3.42. The van der Waals surface area contributed by atoms with Crippen LogP contribution in [0.5, 0.6) is 0 Å². The summed E-state index contributed by atoms with van der Waals surface area (Å²) in [6, 6.07) is 8.03. The summed E-state index contributed by atoms with van der Waals surface area (Å²) in [5.74, 6) is 0.465. The SMILES string of the molecule is Cc1nc(C(=O)N2CCCC(CCC(=O)O)C2)nn1-c1ccccc1C(C)C. The van der Waals surface area contributed by atoms with Gasteiger partial charge in [0.15, 0.2) is 0 Å². The summed E-state index contributed by atoms with van der Waals surface area (Å²) in [5, 5.41) is 13.4. The molecule has 0 radical (unpaired) electrons. The van der Waals surface area contributed by atoms with Crippen LogP contribution in [0.2, 0.25) is 0 Å². The molecule has 1 N–H and O–H groups in total. The van der Waals surface area contributed by atoms with Crippen molar-refractivity contribution in [3.8, 4) is 5.69 Å². The second kappa shape index (κ2) is 8.54. The van der Waals surface area contributed by atoms with E-state index in [1.807, 2.05) is 25.1 Å². The molecule has 0 saturated carbocycles. The Balaban J connectivity index is 1.79. The number of carboxylic acid groups (broad SMARTS) is 1. The first-order valence-corrected chi connectivity index (χ1v) is 9.90. The van der Waals surface area contributed by atoms with E-state index in [0.717, 1.165) is 24.1 Å². The van der Waals surface area contributed by atoms with E-state index >= 15 is 0 Å². The monoisotopic (exact) mass is 384 g/mol. The van der Waals surface area contributed by atoms with Gasteiger partial charge in [-0.1, -0.05) is 32.0 Å². The summed E-state index contributed by atoms with van der Waals surface area (Å²) in [7, 11) is 0. The Kier molecular flexibility index (Phi) is 6.11. The van der Waals surface area contributed by atoms with Gasteiger partial charge in [-0.15, -0.1) is 5.10 Å². The lowest BCUT2D eigenvalue weighted by molar-refractivity contribution is -0.137. The molecule has 1 amide bonds. The van der Waals surface area contributed by atoms with Crippen molar-refractivity contribution in [2.24, 2.45) is 5.92 Å². The zero-order valence-electron chi connectivity index (χ0n) is 16.8. The molecule has 1 aliphatic heterocycles. The Hall–Kier alpha value is -2.70. The smallest absolute Gasteiger partial charge is 0.303 e. The fourth-order valence-electron chi connectivity index (χ4n) is 3.83. The van der Waals surface area contributed by atoms with Crippen molar-refractivity contribution in [2.45, 2.75) is 52.4 Å². The first kappa shape index (κ1) is 20.0. The van der Waals surface area contributed by atoms with Crippen molar-refractivity contribution in [3.05, 3.63) is 41.5 Å². The third kappa shape index (κ3) is 4.40. The van der Waals surface area contributed by atoms with Crippen molar-refractivity contribution in [3.63, 3.8) is 0 Å². The van der Waals surface area contributed by atoms with Crippen molar-refractivity contribution >= 4 is 11.9 Å². The number of nitrogens with zero attached hydrogens (tertiary/aromatic N) is 4. The summed E-state index contributed by atoms with van der Waals surface area (Å²) in [6.45, 7) is 7.35.